The van der Waals surface area contributed by atoms with Crippen molar-refractivity contribution in [2.24, 2.45) is 0 Å². The van der Waals surface area contributed by atoms with Crippen molar-refractivity contribution in [1.82, 2.24) is 5.32 Å². The smallest absolute Gasteiger partial charge is 0.337 e. The molecule has 0 saturated carbocycles. The third-order valence-corrected chi connectivity index (χ3v) is 5.40. The van der Waals surface area contributed by atoms with Crippen LogP contribution in [0.25, 0.3) is 6.08 Å². The molecule has 6 heteroatoms. The maximum absolute atomic E-state index is 13.2. The highest BCUT2D eigenvalue weighted by atomic mass is 16.5. The van der Waals surface area contributed by atoms with E-state index in [1.54, 1.807) is 50.3 Å². The number of aromatic hydroxyl groups is 1. The van der Waals surface area contributed by atoms with Crippen molar-refractivity contribution < 1.29 is 24.2 Å². The van der Waals surface area contributed by atoms with Crippen molar-refractivity contribution in [1.29, 1.82) is 0 Å². The minimum Gasteiger partial charge on any atom is -0.508 e. The number of aryl methyl sites for hydroxylation is 1. The quantitative estimate of drug-likeness (QED) is 0.659. The van der Waals surface area contributed by atoms with Crippen LogP contribution in [0.5, 0.6) is 5.75 Å². The van der Waals surface area contributed by atoms with Gasteiger partial charge in [-0.25, -0.2) is 9.59 Å². The van der Waals surface area contributed by atoms with E-state index in [9.17, 15) is 14.7 Å². The molecule has 2 aromatic rings. The summed E-state index contributed by atoms with van der Waals surface area (Å²) < 4.78 is 10.6. The van der Waals surface area contributed by atoms with Crippen LogP contribution < -0.4 is 5.32 Å². The van der Waals surface area contributed by atoms with Crippen LogP contribution in [0.2, 0.25) is 0 Å². The second-order valence-corrected chi connectivity index (χ2v) is 7.58. The number of dihydropyridines is 1. The second-order valence-electron chi connectivity index (χ2n) is 7.58. The predicted octanol–water partition coefficient (Wildman–Crippen LogP) is 4.37. The highest BCUT2D eigenvalue weighted by molar-refractivity contribution is 6.00. The summed E-state index contributed by atoms with van der Waals surface area (Å²) in [6.07, 6.45) is 3.53. The molecule has 2 aromatic carbocycles. The van der Waals surface area contributed by atoms with E-state index in [1.165, 1.54) is 7.11 Å². The number of allylic oxidation sites excluding steroid dienone is 2. The number of hydrogen-bond acceptors (Lipinski definition) is 6. The number of rotatable bonds is 6. The standard InChI is InChI=1S/C26H27NO5/c1-16-8-5-6-10-21(16)24-22(25(29)31-4)17(2)27-18(3)23(24)26(30)32-15-7-9-19-11-13-20(28)14-12-19/h5-14,24,27-28H,15H2,1-4H3. The van der Waals surface area contributed by atoms with Gasteiger partial charge in [-0.2, -0.15) is 0 Å². The van der Waals surface area contributed by atoms with Crippen LogP contribution in [-0.2, 0) is 19.1 Å². The molecule has 2 N–H and O–H groups in total. The molecule has 32 heavy (non-hydrogen) atoms. The molecular weight excluding hydrogens is 406 g/mol. The Morgan fingerprint density at radius 1 is 0.969 bits per heavy atom. The normalized spacial score (nSPS) is 16.2. The van der Waals surface area contributed by atoms with E-state index in [1.807, 2.05) is 31.2 Å². The summed E-state index contributed by atoms with van der Waals surface area (Å²) in [7, 11) is 1.33. The Labute approximate surface area is 187 Å². The van der Waals surface area contributed by atoms with Crippen LogP contribution in [-0.4, -0.2) is 30.8 Å². The van der Waals surface area contributed by atoms with E-state index in [0.717, 1.165) is 16.7 Å². The van der Waals surface area contributed by atoms with Crippen LogP contribution >= 0.6 is 0 Å². The van der Waals surface area contributed by atoms with Crippen LogP contribution in [0.3, 0.4) is 0 Å². The topological polar surface area (TPSA) is 84.9 Å². The highest BCUT2D eigenvalue weighted by Crippen LogP contribution is 2.40. The van der Waals surface area contributed by atoms with E-state index in [2.05, 4.69) is 5.32 Å². The lowest BCUT2D eigenvalue weighted by atomic mass is 9.79. The Morgan fingerprint density at radius 2 is 1.59 bits per heavy atom. The number of carbonyl (C=O) groups is 2. The van der Waals surface area contributed by atoms with Crippen LogP contribution in [0.1, 0.15) is 36.5 Å². The molecule has 0 aromatic heterocycles. The zero-order valence-electron chi connectivity index (χ0n) is 18.6. The Bertz CT molecular complexity index is 1110. The van der Waals surface area contributed by atoms with Gasteiger partial charge >= 0.3 is 11.9 Å². The van der Waals surface area contributed by atoms with E-state index in [4.69, 9.17) is 9.47 Å². The summed E-state index contributed by atoms with van der Waals surface area (Å²) in [6.45, 7) is 5.60. The van der Waals surface area contributed by atoms with Crippen LogP contribution in [0.4, 0.5) is 0 Å². The van der Waals surface area contributed by atoms with Crippen LogP contribution in [0, 0.1) is 6.92 Å². The minimum atomic E-state index is -0.599. The number of methoxy groups -OCH3 is 1. The minimum absolute atomic E-state index is 0.0627. The summed E-state index contributed by atoms with van der Waals surface area (Å²) in [5, 5.41) is 12.5. The van der Waals surface area contributed by atoms with E-state index in [-0.39, 0.29) is 12.4 Å². The SMILES string of the molecule is COC(=O)C1=C(C)NC(C)=C(C(=O)OCC=Cc2ccc(O)cc2)C1c1ccccc1C. The van der Waals surface area contributed by atoms with Gasteiger partial charge in [-0.05, 0) is 55.7 Å². The molecule has 1 heterocycles. The third-order valence-electron chi connectivity index (χ3n) is 5.40. The summed E-state index contributed by atoms with van der Waals surface area (Å²) >= 11 is 0. The second kappa shape index (κ2) is 10.0. The van der Waals surface area contributed by atoms with Gasteiger partial charge in [-0.15, -0.1) is 0 Å². The molecular formula is C26H27NO5. The zero-order valence-corrected chi connectivity index (χ0v) is 18.6. The Morgan fingerprint density at radius 3 is 2.22 bits per heavy atom. The fraction of sp³-hybridized carbons (Fsp3) is 0.231. The first kappa shape index (κ1) is 22.9. The molecule has 3 rings (SSSR count). The van der Waals surface area contributed by atoms with Crippen LogP contribution in [0.15, 0.2) is 77.1 Å². The van der Waals surface area contributed by atoms with Gasteiger partial charge in [0.05, 0.1) is 24.2 Å². The highest BCUT2D eigenvalue weighted by Gasteiger charge is 2.38. The van der Waals surface area contributed by atoms with Gasteiger partial charge in [0, 0.05) is 11.4 Å². The monoisotopic (exact) mass is 433 g/mol. The van der Waals surface area contributed by atoms with Gasteiger partial charge in [0.25, 0.3) is 0 Å². The summed E-state index contributed by atoms with van der Waals surface area (Å²) in [5.74, 6) is -1.41. The number of nitrogens with one attached hydrogen (secondary N) is 1. The van der Waals surface area contributed by atoms with E-state index in [0.29, 0.717) is 22.5 Å². The van der Waals surface area contributed by atoms with Gasteiger partial charge in [-0.3, -0.25) is 0 Å². The third kappa shape index (κ3) is 4.91. The molecule has 1 unspecified atom stereocenters. The largest absolute Gasteiger partial charge is 0.508 e. The molecule has 1 aliphatic heterocycles. The molecule has 0 aliphatic carbocycles. The van der Waals surface area contributed by atoms with Crippen molar-refractivity contribution in [2.75, 3.05) is 13.7 Å². The molecule has 0 spiro atoms. The van der Waals surface area contributed by atoms with Gasteiger partial charge in [0.15, 0.2) is 0 Å². The van der Waals surface area contributed by atoms with Gasteiger partial charge in [0.1, 0.15) is 12.4 Å². The van der Waals surface area contributed by atoms with Crippen molar-refractivity contribution in [3.63, 3.8) is 0 Å². The molecule has 166 valence electrons. The first-order valence-corrected chi connectivity index (χ1v) is 10.3. The summed E-state index contributed by atoms with van der Waals surface area (Å²) in [6, 6.07) is 14.3. The number of benzene rings is 2. The van der Waals surface area contributed by atoms with Crippen molar-refractivity contribution in [3.8, 4) is 5.75 Å². The zero-order chi connectivity index (χ0) is 23.3. The van der Waals surface area contributed by atoms with Crippen molar-refractivity contribution >= 4 is 18.0 Å². The van der Waals surface area contributed by atoms with E-state index >= 15 is 0 Å². The maximum Gasteiger partial charge on any atom is 0.337 e. The molecule has 6 nitrogen and oxygen atoms in total. The number of hydrogen-bond donors (Lipinski definition) is 2. The number of phenols is 1. The van der Waals surface area contributed by atoms with Gasteiger partial charge < -0.3 is 19.9 Å². The number of esters is 2. The predicted molar refractivity (Wildman–Crippen MR) is 123 cm³/mol. The Hall–Kier alpha value is -3.80. The molecule has 0 saturated heterocycles. The Kier molecular flexibility index (Phi) is 7.15. The molecule has 0 amide bonds. The van der Waals surface area contributed by atoms with E-state index < -0.39 is 17.9 Å². The first-order valence-electron chi connectivity index (χ1n) is 10.3. The fourth-order valence-corrected chi connectivity index (χ4v) is 3.84. The number of carbonyl (C=O) groups excluding carboxylic acids is 2. The average molecular weight is 434 g/mol. The Balaban J connectivity index is 1.89. The lowest BCUT2D eigenvalue weighted by Gasteiger charge is -2.31. The number of ether oxygens (including phenoxy) is 2. The number of phenolic OH excluding ortho intramolecular Hbond substituents is 1. The first-order chi connectivity index (χ1) is 15.3. The molecule has 0 radical (unpaired) electrons. The van der Waals surface area contributed by atoms with Gasteiger partial charge in [0.2, 0.25) is 0 Å². The summed E-state index contributed by atoms with van der Waals surface area (Å²) in [5.41, 5.74) is 4.72. The molecule has 1 atom stereocenters. The molecule has 1 aliphatic rings. The van der Waals surface area contributed by atoms with Gasteiger partial charge in [-0.1, -0.05) is 42.5 Å². The summed E-state index contributed by atoms with van der Waals surface area (Å²) in [4.78, 5) is 25.8. The molecule has 0 fully saturated rings. The lowest BCUT2D eigenvalue weighted by Crippen LogP contribution is -2.32. The average Bonchev–Trinajstić information content (AvgIpc) is 2.77. The molecule has 0 bridgehead atoms. The fourth-order valence-electron chi connectivity index (χ4n) is 3.84. The van der Waals surface area contributed by atoms with Crippen molar-refractivity contribution in [2.45, 2.75) is 26.7 Å². The lowest BCUT2D eigenvalue weighted by molar-refractivity contribution is -0.138. The van der Waals surface area contributed by atoms with Crippen molar-refractivity contribution in [3.05, 3.63) is 93.8 Å². The maximum atomic E-state index is 13.2.